The lowest BCUT2D eigenvalue weighted by Crippen LogP contribution is -2.44. The van der Waals surface area contributed by atoms with Crippen LogP contribution in [0, 0.1) is 0 Å². The van der Waals surface area contributed by atoms with Crippen LogP contribution in [0.2, 0.25) is 0 Å². The first kappa shape index (κ1) is 39.5. The number of nitrogens with zero attached hydrogens (tertiary/aromatic N) is 5. The van der Waals surface area contributed by atoms with Gasteiger partial charge in [-0.05, 0) is 104 Å². The SMILES string of the molecule is CN1CCN(CCCOO)CC1.OOCCCN1CCC1.OOCCCN1CCCC1.OOCCCN1CCCCC1. The fraction of sp³-hybridized carbons (Fsp3) is 1.00. The molecule has 13 heteroatoms. The van der Waals surface area contributed by atoms with E-state index in [1.807, 2.05) is 0 Å². The minimum atomic E-state index is 0.451. The summed E-state index contributed by atoms with van der Waals surface area (Å²) in [7, 11) is 2.15. The zero-order valence-electron chi connectivity index (χ0n) is 26.5. The molecule has 0 radical (unpaired) electrons. The van der Waals surface area contributed by atoms with Crippen molar-refractivity contribution in [3.8, 4) is 0 Å². The highest BCUT2D eigenvalue weighted by molar-refractivity contribution is 4.69. The Balaban J connectivity index is 0.000000281. The maximum atomic E-state index is 8.11. The molecule has 0 spiro atoms. The summed E-state index contributed by atoms with van der Waals surface area (Å²) < 4.78 is 0. The molecule has 0 aromatic heterocycles. The van der Waals surface area contributed by atoms with Crippen LogP contribution in [0.15, 0.2) is 0 Å². The Morgan fingerprint density at radius 1 is 0.381 bits per heavy atom. The average Bonchev–Trinajstić information content (AvgIpc) is 3.51. The molecule has 4 heterocycles. The van der Waals surface area contributed by atoms with E-state index in [4.69, 9.17) is 21.0 Å². The fourth-order valence-corrected chi connectivity index (χ4v) is 5.28. The lowest BCUT2D eigenvalue weighted by molar-refractivity contribution is -0.243. The monoisotopic (exact) mass is 609 g/mol. The second-order valence-corrected chi connectivity index (χ2v) is 11.5. The molecule has 4 fully saturated rings. The van der Waals surface area contributed by atoms with Crippen LogP contribution in [-0.2, 0) is 19.6 Å². The molecule has 4 N–H and O–H groups in total. The summed E-state index contributed by atoms with van der Waals surface area (Å²) in [5.41, 5.74) is 0. The summed E-state index contributed by atoms with van der Waals surface area (Å²) >= 11 is 0. The van der Waals surface area contributed by atoms with Crippen LogP contribution < -0.4 is 0 Å². The minimum absolute atomic E-state index is 0.451. The van der Waals surface area contributed by atoms with E-state index in [9.17, 15) is 0 Å². The van der Waals surface area contributed by atoms with E-state index in [1.54, 1.807) is 0 Å². The van der Waals surface area contributed by atoms with Crippen LogP contribution in [0.1, 0.15) is 64.2 Å². The average molecular weight is 610 g/mol. The molecule has 0 atom stereocenters. The predicted molar refractivity (Wildman–Crippen MR) is 164 cm³/mol. The van der Waals surface area contributed by atoms with Gasteiger partial charge in [0.25, 0.3) is 0 Å². The Labute approximate surface area is 254 Å². The van der Waals surface area contributed by atoms with E-state index in [0.29, 0.717) is 26.4 Å². The van der Waals surface area contributed by atoms with Crippen molar-refractivity contribution in [1.29, 1.82) is 0 Å². The number of hydrogen-bond acceptors (Lipinski definition) is 13. The molecule has 0 amide bonds. The summed E-state index contributed by atoms with van der Waals surface area (Å²) in [6.45, 7) is 18.1. The van der Waals surface area contributed by atoms with Crippen molar-refractivity contribution in [1.82, 2.24) is 24.5 Å². The molecule has 252 valence electrons. The quantitative estimate of drug-likeness (QED) is 0.116. The van der Waals surface area contributed by atoms with Crippen molar-refractivity contribution in [3.63, 3.8) is 0 Å². The number of likely N-dealkylation sites (N-methyl/N-ethyl adjacent to an activating group) is 1. The van der Waals surface area contributed by atoms with Gasteiger partial charge in [0, 0.05) is 52.4 Å². The third-order valence-corrected chi connectivity index (χ3v) is 8.03. The van der Waals surface area contributed by atoms with Crippen LogP contribution >= 0.6 is 0 Å². The Morgan fingerprint density at radius 3 is 0.952 bits per heavy atom. The fourth-order valence-electron chi connectivity index (χ4n) is 5.28. The van der Waals surface area contributed by atoms with Gasteiger partial charge in [0.2, 0.25) is 0 Å². The van der Waals surface area contributed by atoms with Gasteiger partial charge < -0.3 is 24.5 Å². The molecule has 0 aromatic carbocycles. The van der Waals surface area contributed by atoms with Crippen LogP contribution in [-0.4, -0.2) is 171 Å². The van der Waals surface area contributed by atoms with Gasteiger partial charge in [-0.15, -0.1) is 0 Å². The number of likely N-dealkylation sites (tertiary alicyclic amines) is 3. The van der Waals surface area contributed by atoms with E-state index in [1.165, 1.54) is 77.8 Å². The lowest BCUT2D eigenvalue weighted by atomic mass is 10.1. The van der Waals surface area contributed by atoms with Gasteiger partial charge in [-0.25, -0.2) is 19.6 Å². The molecule has 42 heavy (non-hydrogen) atoms. The Morgan fingerprint density at radius 2 is 0.667 bits per heavy atom. The second-order valence-electron chi connectivity index (χ2n) is 11.5. The highest BCUT2D eigenvalue weighted by atomic mass is 17.1. The first-order chi connectivity index (χ1) is 20.6. The molecule has 4 saturated heterocycles. The molecule has 0 bridgehead atoms. The summed E-state index contributed by atoms with van der Waals surface area (Å²) in [5.74, 6) is 0. The first-order valence-corrected chi connectivity index (χ1v) is 16.3. The molecule has 0 aliphatic carbocycles. The third kappa shape index (κ3) is 22.9. The topological polar surface area (TPSA) is 134 Å². The number of piperidine rings is 1. The maximum absolute atomic E-state index is 8.11. The molecule has 4 aliphatic heterocycles. The van der Waals surface area contributed by atoms with Crippen LogP contribution in [0.25, 0.3) is 0 Å². The summed E-state index contributed by atoms with van der Waals surface area (Å²) in [6.07, 6.45) is 11.8. The lowest BCUT2D eigenvalue weighted by Gasteiger charge is -2.32. The van der Waals surface area contributed by atoms with Crippen molar-refractivity contribution in [2.75, 3.05) is 125 Å². The molecular formula is C29H63N5O8. The van der Waals surface area contributed by atoms with Gasteiger partial charge in [-0.2, -0.15) is 0 Å². The van der Waals surface area contributed by atoms with Gasteiger partial charge in [0.1, 0.15) is 0 Å². The minimum Gasteiger partial charge on any atom is -0.304 e. The Hall–Kier alpha value is -0.520. The standard InChI is InChI=1S/C8H18N2O2.C8H17NO2.C7H15NO2.C6H13NO2/c1-9-4-6-10(7-5-9)3-2-8-12-11;10-11-8-4-7-9-5-2-1-3-6-9;9-10-7-3-6-8-4-1-2-5-8;8-9-6-2-5-7-3-1-4-7/h11H,2-8H2,1H3;10H,1-8H2;9H,1-7H2;8H,1-6H2. The van der Waals surface area contributed by atoms with Crippen molar-refractivity contribution in [2.24, 2.45) is 0 Å². The van der Waals surface area contributed by atoms with E-state index >= 15 is 0 Å². The zero-order valence-corrected chi connectivity index (χ0v) is 26.5. The molecule has 0 aromatic rings. The van der Waals surface area contributed by atoms with E-state index in [2.05, 4.69) is 51.1 Å². The van der Waals surface area contributed by atoms with E-state index in [-0.39, 0.29) is 0 Å². The Kier molecular flexibility index (Phi) is 27.5. The highest BCUT2D eigenvalue weighted by Crippen LogP contribution is 2.09. The molecule has 0 unspecified atom stereocenters. The third-order valence-electron chi connectivity index (χ3n) is 8.03. The molecule has 0 saturated carbocycles. The Bertz CT molecular complexity index is 548. The van der Waals surface area contributed by atoms with Crippen molar-refractivity contribution in [3.05, 3.63) is 0 Å². The van der Waals surface area contributed by atoms with Crippen molar-refractivity contribution < 1.29 is 40.6 Å². The van der Waals surface area contributed by atoms with E-state index in [0.717, 1.165) is 78.0 Å². The summed E-state index contributed by atoms with van der Waals surface area (Å²) in [5, 5.41) is 32.2. The van der Waals surface area contributed by atoms with Gasteiger partial charge >= 0.3 is 0 Å². The smallest absolute Gasteiger partial charge is 0.0831 e. The number of piperazine rings is 1. The van der Waals surface area contributed by atoms with Gasteiger partial charge in [-0.1, -0.05) is 6.42 Å². The van der Waals surface area contributed by atoms with E-state index < -0.39 is 0 Å². The highest BCUT2D eigenvalue weighted by Gasteiger charge is 2.13. The van der Waals surface area contributed by atoms with Crippen LogP contribution in [0.3, 0.4) is 0 Å². The largest absolute Gasteiger partial charge is 0.304 e. The molecular weight excluding hydrogens is 546 g/mol. The van der Waals surface area contributed by atoms with Gasteiger partial charge in [-0.3, -0.25) is 21.0 Å². The maximum Gasteiger partial charge on any atom is 0.0831 e. The first-order valence-electron chi connectivity index (χ1n) is 16.3. The van der Waals surface area contributed by atoms with Crippen LogP contribution in [0.5, 0.6) is 0 Å². The molecule has 4 rings (SSSR count). The predicted octanol–water partition coefficient (Wildman–Crippen LogP) is 3.00. The second kappa shape index (κ2) is 29.2. The molecule has 4 aliphatic rings. The van der Waals surface area contributed by atoms with Crippen molar-refractivity contribution >= 4 is 0 Å². The zero-order chi connectivity index (χ0) is 30.5. The van der Waals surface area contributed by atoms with Crippen LogP contribution in [0.4, 0.5) is 0 Å². The van der Waals surface area contributed by atoms with Gasteiger partial charge in [0.15, 0.2) is 0 Å². The summed E-state index contributed by atoms with van der Waals surface area (Å²) in [4.78, 5) is 27.8. The van der Waals surface area contributed by atoms with Crippen molar-refractivity contribution in [2.45, 2.75) is 64.2 Å². The number of hydrogen-bond donors (Lipinski definition) is 4. The summed E-state index contributed by atoms with van der Waals surface area (Å²) in [6, 6.07) is 0. The van der Waals surface area contributed by atoms with Gasteiger partial charge in [0.05, 0.1) is 26.4 Å². The normalized spacial score (nSPS) is 20.5. The number of rotatable bonds is 16. The molecule has 13 nitrogen and oxygen atoms in total.